The van der Waals surface area contributed by atoms with E-state index < -0.39 is 6.36 Å². The molecule has 2 aromatic rings. The molecule has 25 heavy (non-hydrogen) atoms. The van der Waals surface area contributed by atoms with E-state index in [9.17, 15) is 13.2 Å². The fourth-order valence-corrected chi connectivity index (χ4v) is 2.37. The number of alkyl halides is 3. The molecule has 0 heterocycles. The molecular weight excluding hydrogens is 351 g/mol. The van der Waals surface area contributed by atoms with Crippen LogP contribution in [0.2, 0.25) is 0 Å². The van der Waals surface area contributed by atoms with Crippen LogP contribution in [-0.4, -0.2) is 18.6 Å². The predicted molar refractivity (Wildman–Crippen MR) is 93.5 cm³/mol. The van der Waals surface area contributed by atoms with Gasteiger partial charge in [0.2, 0.25) is 0 Å². The van der Waals surface area contributed by atoms with Crippen LogP contribution in [0.3, 0.4) is 0 Å². The highest BCUT2D eigenvalue weighted by Gasteiger charge is 2.30. The van der Waals surface area contributed by atoms with Gasteiger partial charge < -0.3 is 15.8 Å². The molecule has 0 fully saturated rings. The number of aliphatic imine (C=N–C) groups is 1. The van der Waals surface area contributed by atoms with E-state index in [1.54, 1.807) is 11.8 Å². The summed E-state index contributed by atoms with van der Waals surface area (Å²) in [4.78, 5) is 5.41. The quantitative estimate of drug-likeness (QED) is 0.460. The molecule has 2 rings (SSSR count). The molecule has 0 amide bonds. The minimum Gasteiger partial charge on any atom is -0.406 e. The second-order valence-electron chi connectivity index (χ2n) is 5.09. The summed E-state index contributed by atoms with van der Waals surface area (Å²) >= 11 is 1.67. The Kier molecular flexibility index (Phi) is 6.58. The summed E-state index contributed by atoms with van der Waals surface area (Å²) in [7, 11) is 0. The Hall–Kier alpha value is -2.35. The van der Waals surface area contributed by atoms with E-state index >= 15 is 0 Å². The highest BCUT2D eigenvalue weighted by molar-refractivity contribution is 7.98. The molecule has 0 aliphatic rings. The molecule has 0 aromatic heterocycles. The number of ether oxygens (including phenoxy) is 1. The van der Waals surface area contributed by atoms with Crippen molar-refractivity contribution in [1.82, 2.24) is 5.32 Å². The average Bonchev–Trinajstić information content (AvgIpc) is 2.58. The van der Waals surface area contributed by atoms with Gasteiger partial charge in [-0.2, -0.15) is 0 Å². The number of rotatable bonds is 6. The van der Waals surface area contributed by atoms with Crippen molar-refractivity contribution in [3.05, 3.63) is 59.7 Å². The lowest BCUT2D eigenvalue weighted by molar-refractivity contribution is -0.274. The number of nitrogens with one attached hydrogen (secondary N) is 1. The van der Waals surface area contributed by atoms with Crippen LogP contribution >= 0.6 is 11.8 Å². The number of halogens is 3. The van der Waals surface area contributed by atoms with Crippen LogP contribution in [0.1, 0.15) is 11.1 Å². The molecule has 4 nitrogen and oxygen atoms in total. The second kappa shape index (κ2) is 8.66. The van der Waals surface area contributed by atoms with Gasteiger partial charge in [0, 0.05) is 11.4 Å². The standard InChI is InChI=1S/C17H18F3N3OS/c1-25-15-8-4-13(5-9-15)11-23-16(21)22-10-12-2-6-14(7-3-12)24-17(18,19)20/h2-9H,10-11H2,1H3,(H3,21,22,23). The highest BCUT2D eigenvalue weighted by atomic mass is 32.2. The second-order valence-corrected chi connectivity index (χ2v) is 5.97. The van der Waals surface area contributed by atoms with Gasteiger partial charge in [0.15, 0.2) is 5.96 Å². The number of benzene rings is 2. The van der Waals surface area contributed by atoms with Gasteiger partial charge >= 0.3 is 6.36 Å². The van der Waals surface area contributed by atoms with Gasteiger partial charge in [-0.1, -0.05) is 24.3 Å². The van der Waals surface area contributed by atoms with Gasteiger partial charge in [-0.3, -0.25) is 0 Å². The molecule has 0 unspecified atom stereocenters. The number of nitrogens with zero attached hydrogens (tertiary/aromatic N) is 1. The van der Waals surface area contributed by atoms with E-state index in [4.69, 9.17) is 5.73 Å². The highest BCUT2D eigenvalue weighted by Crippen LogP contribution is 2.22. The van der Waals surface area contributed by atoms with Crippen molar-refractivity contribution in [1.29, 1.82) is 0 Å². The van der Waals surface area contributed by atoms with E-state index in [1.165, 1.54) is 29.2 Å². The fraction of sp³-hybridized carbons (Fsp3) is 0.235. The fourth-order valence-electron chi connectivity index (χ4n) is 1.96. The minimum atomic E-state index is -4.69. The van der Waals surface area contributed by atoms with Gasteiger partial charge in [-0.15, -0.1) is 24.9 Å². The summed E-state index contributed by atoms with van der Waals surface area (Å²) < 4.78 is 40.1. The molecule has 0 radical (unpaired) electrons. The van der Waals surface area contributed by atoms with Crippen LogP contribution in [-0.2, 0) is 13.1 Å². The maximum atomic E-state index is 12.1. The Balaban J connectivity index is 1.83. The van der Waals surface area contributed by atoms with Crippen LogP contribution in [0.25, 0.3) is 0 Å². The molecule has 3 N–H and O–H groups in total. The molecule has 0 bridgehead atoms. The number of hydrogen-bond acceptors (Lipinski definition) is 3. The summed E-state index contributed by atoms with van der Waals surface area (Å²) in [6, 6.07) is 13.6. The third-order valence-corrected chi connectivity index (χ3v) is 3.97. The average molecular weight is 369 g/mol. The van der Waals surface area contributed by atoms with Crippen LogP contribution in [0, 0.1) is 0 Å². The molecule has 0 spiro atoms. The summed E-state index contributed by atoms with van der Waals surface area (Å²) in [6.45, 7) is 0.804. The molecule has 0 saturated carbocycles. The predicted octanol–water partition coefficient (Wildman–Crippen LogP) is 3.91. The van der Waals surface area contributed by atoms with Crippen molar-refractivity contribution < 1.29 is 17.9 Å². The SMILES string of the molecule is CSc1ccc(CN=C(N)NCc2ccc(OC(F)(F)F)cc2)cc1. The Labute approximate surface area is 148 Å². The molecule has 0 aliphatic heterocycles. The third kappa shape index (κ3) is 6.96. The lowest BCUT2D eigenvalue weighted by Crippen LogP contribution is -2.31. The number of hydrogen-bond donors (Lipinski definition) is 2. The number of guanidine groups is 1. The molecular formula is C17H18F3N3OS. The van der Waals surface area contributed by atoms with Gasteiger partial charge in [-0.05, 0) is 41.6 Å². The molecule has 2 aromatic carbocycles. The first kappa shape index (κ1) is 19.0. The Morgan fingerprint density at radius 3 is 2.24 bits per heavy atom. The Bertz CT molecular complexity index is 701. The molecule has 0 saturated heterocycles. The Morgan fingerprint density at radius 1 is 1.08 bits per heavy atom. The maximum absolute atomic E-state index is 12.1. The zero-order valence-electron chi connectivity index (χ0n) is 13.5. The lowest BCUT2D eigenvalue weighted by Gasteiger charge is -2.10. The van der Waals surface area contributed by atoms with E-state index in [-0.39, 0.29) is 11.7 Å². The summed E-state index contributed by atoms with van der Waals surface area (Å²) in [5, 5.41) is 2.92. The van der Waals surface area contributed by atoms with E-state index in [2.05, 4.69) is 15.0 Å². The zero-order valence-corrected chi connectivity index (χ0v) is 14.3. The van der Waals surface area contributed by atoms with Crippen LogP contribution in [0.5, 0.6) is 5.75 Å². The minimum absolute atomic E-state index is 0.258. The Morgan fingerprint density at radius 2 is 1.68 bits per heavy atom. The van der Waals surface area contributed by atoms with Gasteiger partial charge in [0.1, 0.15) is 5.75 Å². The monoisotopic (exact) mass is 369 g/mol. The summed E-state index contributed by atoms with van der Waals surface area (Å²) in [5.41, 5.74) is 7.60. The first-order valence-electron chi connectivity index (χ1n) is 7.37. The summed E-state index contributed by atoms with van der Waals surface area (Å²) in [6.07, 6.45) is -2.68. The molecule has 0 atom stereocenters. The normalized spacial score (nSPS) is 12.1. The van der Waals surface area contributed by atoms with Crippen molar-refractivity contribution in [2.24, 2.45) is 10.7 Å². The van der Waals surface area contributed by atoms with Crippen molar-refractivity contribution in [3.63, 3.8) is 0 Å². The molecule has 134 valence electrons. The van der Waals surface area contributed by atoms with Crippen molar-refractivity contribution in [2.45, 2.75) is 24.3 Å². The smallest absolute Gasteiger partial charge is 0.406 e. The van der Waals surface area contributed by atoms with Crippen LogP contribution in [0.4, 0.5) is 13.2 Å². The number of nitrogens with two attached hydrogens (primary N) is 1. The van der Waals surface area contributed by atoms with Crippen molar-refractivity contribution >= 4 is 17.7 Å². The number of thioether (sulfide) groups is 1. The van der Waals surface area contributed by atoms with Crippen molar-refractivity contribution in [2.75, 3.05) is 6.26 Å². The first-order valence-corrected chi connectivity index (χ1v) is 8.59. The third-order valence-electron chi connectivity index (χ3n) is 3.22. The molecule has 8 heteroatoms. The van der Waals surface area contributed by atoms with E-state index in [1.807, 2.05) is 30.5 Å². The van der Waals surface area contributed by atoms with Gasteiger partial charge in [0.05, 0.1) is 6.54 Å². The summed E-state index contributed by atoms with van der Waals surface area (Å²) in [5.74, 6) is 0.0103. The van der Waals surface area contributed by atoms with Crippen molar-refractivity contribution in [3.8, 4) is 5.75 Å². The van der Waals surface area contributed by atoms with Crippen LogP contribution < -0.4 is 15.8 Å². The maximum Gasteiger partial charge on any atom is 0.573 e. The first-order chi connectivity index (χ1) is 11.9. The van der Waals surface area contributed by atoms with Crippen LogP contribution in [0.15, 0.2) is 58.4 Å². The largest absolute Gasteiger partial charge is 0.573 e. The van der Waals surface area contributed by atoms with E-state index in [0.717, 1.165) is 11.1 Å². The van der Waals surface area contributed by atoms with Gasteiger partial charge in [0.25, 0.3) is 0 Å². The van der Waals surface area contributed by atoms with E-state index in [0.29, 0.717) is 13.1 Å². The lowest BCUT2D eigenvalue weighted by atomic mass is 10.2. The molecule has 0 aliphatic carbocycles. The zero-order chi connectivity index (χ0) is 18.3. The topological polar surface area (TPSA) is 59.6 Å². The van der Waals surface area contributed by atoms with Gasteiger partial charge in [-0.25, -0.2) is 4.99 Å².